The Kier molecular flexibility index (Phi) is 11.8. The molecule has 3 aromatic rings. The minimum absolute atomic E-state index is 0.0431. The summed E-state index contributed by atoms with van der Waals surface area (Å²) in [6.45, 7) is 4.83. The number of carbonyl (C=O) groups is 2. The molecule has 1 N–H and O–H groups in total. The molecule has 9 nitrogen and oxygen atoms in total. The van der Waals surface area contributed by atoms with Gasteiger partial charge in [-0.05, 0) is 67.8 Å². The van der Waals surface area contributed by atoms with Gasteiger partial charge in [0.05, 0.1) is 24.8 Å². The van der Waals surface area contributed by atoms with E-state index in [0.29, 0.717) is 22.8 Å². The van der Waals surface area contributed by atoms with Gasteiger partial charge in [-0.1, -0.05) is 43.6 Å². The number of methoxy groups -OCH3 is 2. The summed E-state index contributed by atoms with van der Waals surface area (Å²) < 4.78 is 53.4. The zero-order valence-corrected chi connectivity index (χ0v) is 26.4. The minimum atomic E-state index is -4.41. The highest BCUT2D eigenvalue weighted by atomic mass is 35.5. The fourth-order valence-corrected chi connectivity index (χ4v) is 6.04. The van der Waals surface area contributed by atoms with Crippen molar-refractivity contribution in [3.05, 3.63) is 83.1 Å². The molecule has 0 aromatic heterocycles. The number of rotatable bonds is 14. The predicted molar refractivity (Wildman–Crippen MR) is 164 cm³/mol. The van der Waals surface area contributed by atoms with Gasteiger partial charge < -0.3 is 19.7 Å². The van der Waals surface area contributed by atoms with Gasteiger partial charge >= 0.3 is 0 Å². The van der Waals surface area contributed by atoms with Crippen LogP contribution in [-0.2, 0) is 26.2 Å². The maximum absolute atomic E-state index is 14.1. The van der Waals surface area contributed by atoms with Gasteiger partial charge in [0, 0.05) is 23.7 Å². The zero-order valence-electron chi connectivity index (χ0n) is 24.8. The number of benzene rings is 3. The van der Waals surface area contributed by atoms with Crippen LogP contribution in [0.3, 0.4) is 0 Å². The number of hydrogen-bond acceptors (Lipinski definition) is 6. The molecule has 0 aliphatic rings. The number of sulfonamides is 1. The third-order valence-corrected chi connectivity index (χ3v) is 9.16. The van der Waals surface area contributed by atoms with E-state index in [1.807, 2.05) is 13.8 Å². The molecule has 0 unspecified atom stereocenters. The van der Waals surface area contributed by atoms with E-state index in [1.165, 1.54) is 49.5 Å². The predicted octanol–water partition coefficient (Wildman–Crippen LogP) is 5.41. The van der Waals surface area contributed by atoms with Crippen LogP contribution in [0.2, 0.25) is 5.02 Å². The van der Waals surface area contributed by atoms with E-state index in [2.05, 4.69) is 5.32 Å². The lowest BCUT2D eigenvalue weighted by molar-refractivity contribution is -0.140. The van der Waals surface area contributed by atoms with Crippen molar-refractivity contribution in [2.24, 2.45) is 0 Å². The second kappa shape index (κ2) is 15.1. The molecule has 3 rings (SSSR count). The van der Waals surface area contributed by atoms with Crippen LogP contribution >= 0.6 is 11.6 Å². The number of nitrogens with one attached hydrogen (secondary N) is 1. The number of halogens is 2. The molecule has 2 amide bonds. The number of ether oxygens (including phenoxy) is 2. The van der Waals surface area contributed by atoms with E-state index in [4.69, 9.17) is 21.1 Å². The molecule has 0 heterocycles. The van der Waals surface area contributed by atoms with Gasteiger partial charge in [0.2, 0.25) is 11.8 Å². The van der Waals surface area contributed by atoms with Crippen molar-refractivity contribution in [2.45, 2.75) is 57.1 Å². The Hall–Kier alpha value is -3.83. The monoisotopic (exact) mass is 633 g/mol. The fourth-order valence-electron chi connectivity index (χ4n) is 4.41. The van der Waals surface area contributed by atoms with Crippen LogP contribution in [0.1, 0.15) is 39.2 Å². The van der Waals surface area contributed by atoms with Gasteiger partial charge in [0.15, 0.2) is 11.5 Å². The van der Waals surface area contributed by atoms with E-state index in [0.717, 1.165) is 16.4 Å². The van der Waals surface area contributed by atoms with Crippen LogP contribution in [-0.4, -0.2) is 58.0 Å². The van der Waals surface area contributed by atoms with Crippen LogP contribution in [0.4, 0.5) is 10.1 Å². The van der Waals surface area contributed by atoms with Crippen LogP contribution in [0, 0.1) is 5.82 Å². The molecular formula is C31H37ClFN3O6S. The first-order valence-electron chi connectivity index (χ1n) is 13.8. The second-order valence-electron chi connectivity index (χ2n) is 9.86. The van der Waals surface area contributed by atoms with E-state index >= 15 is 0 Å². The lowest BCUT2D eigenvalue weighted by Gasteiger charge is -2.34. The summed E-state index contributed by atoms with van der Waals surface area (Å²) >= 11 is 6.43. The highest BCUT2D eigenvalue weighted by molar-refractivity contribution is 7.92. The molecule has 43 heavy (non-hydrogen) atoms. The summed E-state index contributed by atoms with van der Waals surface area (Å²) in [6, 6.07) is 14.7. The lowest BCUT2D eigenvalue weighted by Crippen LogP contribution is -2.53. The van der Waals surface area contributed by atoms with Crippen molar-refractivity contribution in [3.63, 3.8) is 0 Å². The number of amides is 2. The molecule has 0 saturated carbocycles. The van der Waals surface area contributed by atoms with Crippen molar-refractivity contribution in [1.29, 1.82) is 0 Å². The Balaban J connectivity index is 2.10. The molecule has 0 fully saturated rings. The topological polar surface area (TPSA) is 105 Å². The molecule has 232 valence electrons. The smallest absolute Gasteiger partial charge is 0.264 e. The minimum Gasteiger partial charge on any atom is -0.493 e. The van der Waals surface area contributed by atoms with E-state index in [9.17, 15) is 22.4 Å². The number of nitrogens with zero attached hydrogens (tertiary/aromatic N) is 2. The largest absolute Gasteiger partial charge is 0.493 e. The Morgan fingerprint density at radius 3 is 2.19 bits per heavy atom. The summed E-state index contributed by atoms with van der Waals surface area (Å²) in [4.78, 5) is 28.7. The molecule has 2 atom stereocenters. The fraction of sp³-hybridized carbons (Fsp3) is 0.355. The number of carbonyl (C=O) groups excluding carboxylic acids is 2. The molecule has 3 aromatic carbocycles. The van der Waals surface area contributed by atoms with Crippen molar-refractivity contribution in [3.8, 4) is 11.5 Å². The van der Waals surface area contributed by atoms with Crippen LogP contribution in [0.25, 0.3) is 0 Å². The van der Waals surface area contributed by atoms with Crippen LogP contribution in [0.5, 0.6) is 11.5 Å². The SMILES string of the molecule is CC[C@H](C)NC(=O)[C@H](CC)N(Cc1ccccc1Cl)C(=O)CN(c1ccc(F)cc1)S(=O)(=O)c1ccc(OC)c(OC)c1. The van der Waals surface area contributed by atoms with E-state index in [1.54, 1.807) is 31.2 Å². The van der Waals surface area contributed by atoms with Crippen LogP contribution < -0.4 is 19.1 Å². The molecule has 0 radical (unpaired) electrons. The highest BCUT2D eigenvalue weighted by Crippen LogP contribution is 2.32. The second-order valence-corrected chi connectivity index (χ2v) is 12.1. The molecule has 0 bridgehead atoms. The molecule has 0 aliphatic carbocycles. The average molecular weight is 634 g/mol. The molecule has 0 spiro atoms. The first-order valence-corrected chi connectivity index (χ1v) is 15.6. The van der Waals surface area contributed by atoms with Gasteiger partial charge in [-0.3, -0.25) is 13.9 Å². The summed E-state index contributed by atoms with van der Waals surface area (Å²) in [5.74, 6) is -1.11. The quantitative estimate of drug-likeness (QED) is 0.254. The van der Waals surface area contributed by atoms with Crippen molar-refractivity contribution >= 4 is 39.1 Å². The van der Waals surface area contributed by atoms with Crippen molar-refractivity contribution in [1.82, 2.24) is 10.2 Å². The third kappa shape index (κ3) is 8.17. The molecular weight excluding hydrogens is 597 g/mol. The summed E-state index contributed by atoms with van der Waals surface area (Å²) in [5.41, 5.74) is 0.641. The van der Waals surface area contributed by atoms with E-state index < -0.39 is 34.3 Å². The van der Waals surface area contributed by atoms with Gasteiger partial charge in [-0.25, -0.2) is 12.8 Å². The zero-order chi connectivity index (χ0) is 31.7. The first-order chi connectivity index (χ1) is 20.5. The number of hydrogen-bond donors (Lipinski definition) is 1. The Morgan fingerprint density at radius 2 is 1.60 bits per heavy atom. The third-order valence-electron chi connectivity index (χ3n) is 7.02. The Morgan fingerprint density at radius 1 is 0.953 bits per heavy atom. The lowest BCUT2D eigenvalue weighted by atomic mass is 10.1. The summed E-state index contributed by atoms with van der Waals surface area (Å²) in [6.07, 6.45) is 0.944. The summed E-state index contributed by atoms with van der Waals surface area (Å²) in [7, 11) is -1.61. The van der Waals surface area contributed by atoms with Crippen LogP contribution in [0.15, 0.2) is 71.6 Å². The maximum atomic E-state index is 14.1. The van der Waals surface area contributed by atoms with Gasteiger partial charge in [0.1, 0.15) is 18.4 Å². The molecule has 0 saturated heterocycles. The van der Waals surface area contributed by atoms with Gasteiger partial charge in [0.25, 0.3) is 10.0 Å². The molecule has 12 heteroatoms. The Labute approximate surface area is 257 Å². The van der Waals surface area contributed by atoms with Gasteiger partial charge in [-0.15, -0.1) is 0 Å². The van der Waals surface area contributed by atoms with Gasteiger partial charge in [-0.2, -0.15) is 0 Å². The first kappa shape index (κ1) is 33.7. The summed E-state index contributed by atoms with van der Waals surface area (Å²) in [5, 5.41) is 3.32. The molecule has 0 aliphatic heterocycles. The normalized spacial score (nSPS) is 12.6. The van der Waals surface area contributed by atoms with E-state index in [-0.39, 0.29) is 41.2 Å². The highest BCUT2D eigenvalue weighted by Gasteiger charge is 2.34. The Bertz CT molecular complexity index is 1520. The maximum Gasteiger partial charge on any atom is 0.264 e. The average Bonchev–Trinajstić information content (AvgIpc) is 3.00. The van der Waals surface area contributed by atoms with Crippen molar-refractivity contribution < 1.29 is 31.9 Å². The standard InChI is InChI=1S/C31H37ClFN3O6S/c1-6-21(3)34-31(38)27(7-2)35(19-22-10-8-9-11-26(22)32)30(37)20-36(24-14-12-23(33)13-15-24)43(39,40)25-16-17-28(41-4)29(18-25)42-5/h8-18,21,27H,6-7,19-20H2,1-5H3,(H,34,38)/t21-,27-/m0/s1. The van der Waals surface area contributed by atoms with Crippen molar-refractivity contribution in [2.75, 3.05) is 25.1 Å². The number of anilines is 1.